The van der Waals surface area contributed by atoms with Crippen LogP contribution in [0.25, 0.3) is 0 Å². The van der Waals surface area contributed by atoms with Crippen molar-refractivity contribution in [1.29, 1.82) is 0 Å². The van der Waals surface area contributed by atoms with Crippen molar-refractivity contribution in [3.8, 4) is 12.3 Å². The number of terminal acetylenes is 1. The van der Waals surface area contributed by atoms with Crippen LogP contribution in [-0.4, -0.2) is 18.6 Å². The average Bonchev–Trinajstić information content (AvgIpc) is 1.88. The summed E-state index contributed by atoms with van der Waals surface area (Å²) < 4.78 is 4.60. The summed E-state index contributed by atoms with van der Waals surface area (Å²) in [5.74, 6) is 1.89. The molecule has 0 heterocycles. The first-order chi connectivity index (χ1) is 4.70. The molecular formula is C7H11NO2. The van der Waals surface area contributed by atoms with Crippen molar-refractivity contribution in [3.63, 3.8) is 0 Å². The van der Waals surface area contributed by atoms with Gasteiger partial charge in [0.15, 0.2) is 0 Å². The molecule has 10 heavy (non-hydrogen) atoms. The molecule has 0 saturated heterocycles. The molecule has 0 unspecified atom stereocenters. The minimum absolute atomic E-state index is 0.102. The monoisotopic (exact) mass is 141 g/mol. The molecule has 0 bridgehead atoms. The van der Waals surface area contributed by atoms with Crippen molar-refractivity contribution >= 4 is 5.97 Å². The number of esters is 1. The summed E-state index contributed by atoms with van der Waals surface area (Å²) in [7, 11) is 0. The molecule has 0 aromatic rings. The van der Waals surface area contributed by atoms with Crippen molar-refractivity contribution < 1.29 is 9.53 Å². The fourth-order valence-electron chi connectivity index (χ4n) is 0.458. The first-order valence-corrected chi connectivity index (χ1v) is 3.08. The minimum Gasteiger partial charge on any atom is -0.466 e. The Morgan fingerprint density at radius 3 is 2.90 bits per heavy atom. The van der Waals surface area contributed by atoms with Gasteiger partial charge in [-0.1, -0.05) is 5.92 Å². The van der Waals surface area contributed by atoms with Gasteiger partial charge in [0, 0.05) is 0 Å². The summed E-state index contributed by atoms with van der Waals surface area (Å²) in [4.78, 5) is 10.6. The van der Waals surface area contributed by atoms with Gasteiger partial charge >= 0.3 is 5.97 Å². The van der Waals surface area contributed by atoms with Crippen LogP contribution in [0.4, 0.5) is 0 Å². The number of carbonyl (C=O) groups is 1. The second-order valence-electron chi connectivity index (χ2n) is 1.78. The Kier molecular flexibility index (Phi) is 4.34. The van der Waals surface area contributed by atoms with Crippen LogP contribution in [0.15, 0.2) is 0 Å². The average molecular weight is 141 g/mol. The Balaban J connectivity index is 3.49. The lowest BCUT2D eigenvalue weighted by Gasteiger charge is -2.02. The summed E-state index contributed by atoms with van der Waals surface area (Å²) in [5.41, 5.74) is 5.27. The van der Waals surface area contributed by atoms with E-state index in [1.165, 1.54) is 0 Å². The van der Waals surface area contributed by atoms with Gasteiger partial charge in [-0.05, 0) is 6.92 Å². The van der Waals surface area contributed by atoms with Gasteiger partial charge in [-0.25, -0.2) is 0 Å². The molecule has 0 fully saturated rings. The highest BCUT2D eigenvalue weighted by Crippen LogP contribution is 1.89. The highest BCUT2D eigenvalue weighted by molar-refractivity contribution is 5.70. The number of carbonyl (C=O) groups excluding carboxylic acids is 1. The van der Waals surface area contributed by atoms with E-state index in [-0.39, 0.29) is 12.4 Å². The quantitative estimate of drug-likeness (QED) is 0.441. The normalized spacial score (nSPS) is 11.7. The summed E-state index contributed by atoms with van der Waals surface area (Å²) in [6.07, 6.45) is 5.04. The maximum absolute atomic E-state index is 10.6. The number of hydrogen-bond acceptors (Lipinski definition) is 3. The van der Waals surface area contributed by atoms with Gasteiger partial charge in [0.1, 0.15) is 0 Å². The molecule has 3 nitrogen and oxygen atoms in total. The molecule has 0 aromatic carbocycles. The van der Waals surface area contributed by atoms with E-state index < -0.39 is 6.04 Å². The van der Waals surface area contributed by atoms with E-state index in [2.05, 4.69) is 10.7 Å². The van der Waals surface area contributed by atoms with Gasteiger partial charge in [-0.15, -0.1) is 6.42 Å². The van der Waals surface area contributed by atoms with Crippen LogP contribution in [0.3, 0.4) is 0 Å². The van der Waals surface area contributed by atoms with Gasteiger partial charge in [0.2, 0.25) is 0 Å². The zero-order valence-electron chi connectivity index (χ0n) is 5.96. The fourth-order valence-corrected chi connectivity index (χ4v) is 0.458. The lowest BCUT2D eigenvalue weighted by atomic mass is 10.2. The van der Waals surface area contributed by atoms with Gasteiger partial charge in [0.05, 0.1) is 19.1 Å². The van der Waals surface area contributed by atoms with E-state index in [1.807, 2.05) is 0 Å². The molecule has 3 heteroatoms. The zero-order chi connectivity index (χ0) is 7.98. The maximum Gasteiger partial charge on any atom is 0.308 e. The smallest absolute Gasteiger partial charge is 0.308 e. The number of rotatable bonds is 3. The predicted octanol–water partition coefficient (Wildman–Crippen LogP) is -0.0999. The highest BCUT2D eigenvalue weighted by atomic mass is 16.5. The predicted molar refractivity (Wildman–Crippen MR) is 38.1 cm³/mol. The van der Waals surface area contributed by atoms with Crippen LogP contribution in [0.2, 0.25) is 0 Å². The molecule has 0 rings (SSSR count). The third-order valence-corrected chi connectivity index (χ3v) is 0.906. The molecule has 0 aliphatic carbocycles. The SMILES string of the molecule is C#C[C@@H](N)CC(=O)OCC. The van der Waals surface area contributed by atoms with Crippen LogP contribution in [0, 0.1) is 12.3 Å². The van der Waals surface area contributed by atoms with E-state index in [0.29, 0.717) is 6.61 Å². The van der Waals surface area contributed by atoms with E-state index >= 15 is 0 Å². The molecule has 0 radical (unpaired) electrons. The highest BCUT2D eigenvalue weighted by Gasteiger charge is 2.05. The van der Waals surface area contributed by atoms with E-state index in [9.17, 15) is 4.79 Å². The molecule has 56 valence electrons. The van der Waals surface area contributed by atoms with E-state index in [0.717, 1.165) is 0 Å². The van der Waals surface area contributed by atoms with Gasteiger partial charge in [-0.3, -0.25) is 4.79 Å². The van der Waals surface area contributed by atoms with E-state index in [4.69, 9.17) is 12.2 Å². The molecule has 0 aliphatic heterocycles. The zero-order valence-corrected chi connectivity index (χ0v) is 5.96. The lowest BCUT2D eigenvalue weighted by molar-refractivity contribution is -0.143. The molecular weight excluding hydrogens is 130 g/mol. The summed E-state index contributed by atoms with van der Waals surface area (Å²) in [5, 5.41) is 0. The Labute approximate surface area is 60.5 Å². The third-order valence-electron chi connectivity index (χ3n) is 0.906. The summed E-state index contributed by atoms with van der Waals surface area (Å²) in [6, 6.07) is -0.515. The standard InChI is InChI=1S/C7H11NO2/c1-3-6(8)5-7(9)10-4-2/h1,6H,4-5,8H2,2H3/t6-/m1/s1. The van der Waals surface area contributed by atoms with Crippen LogP contribution in [0.1, 0.15) is 13.3 Å². The minimum atomic E-state index is -0.515. The van der Waals surface area contributed by atoms with Gasteiger partial charge in [0.25, 0.3) is 0 Å². The van der Waals surface area contributed by atoms with Crippen LogP contribution < -0.4 is 5.73 Å². The Hall–Kier alpha value is -1.01. The maximum atomic E-state index is 10.6. The van der Waals surface area contributed by atoms with Crippen molar-refractivity contribution in [3.05, 3.63) is 0 Å². The number of nitrogens with two attached hydrogens (primary N) is 1. The molecule has 0 aliphatic rings. The number of hydrogen-bond donors (Lipinski definition) is 1. The van der Waals surface area contributed by atoms with Crippen LogP contribution in [-0.2, 0) is 9.53 Å². The molecule has 1 atom stereocenters. The molecule has 2 N–H and O–H groups in total. The fraction of sp³-hybridized carbons (Fsp3) is 0.571. The Bertz CT molecular complexity index is 148. The lowest BCUT2D eigenvalue weighted by Crippen LogP contribution is -2.22. The molecule has 0 aromatic heterocycles. The van der Waals surface area contributed by atoms with Crippen molar-refractivity contribution in [1.82, 2.24) is 0 Å². The van der Waals surface area contributed by atoms with Crippen molar-refractivity contribution in [2.75, 3.05) is 6.61 Å². The van der Waals surface area contributed by atoms with Crippen LogP contribution >= 0.6 is 0 Å². The molecule has 0 spiro atoms. The molecule has 0 saturated carbocycles. The second-order valence-corrected chi connectivity index (χ2v) is 1.78. The topological polar surface area (TPSA) is 52.3 Å². The first-order valence-electron chi connectivity index (χ1n) is 3.08. The number of ether oxygens (including phenoxy) is 1. The Morgan fingerprint density at radius 1 is 1.90 bits per heavy atom. The Morgan fingerprint density at radius 2 is 2.50 bits per heavy atom. The second kappa shape index (κ2) is 4.83. The third kappa shape index (κ3) is 3.93. The van der Waals surface area contributed by atoms with Gasteiger partial charge < -0.3 is 10.5 Å². The summed E-state index contributed by atoms with van der Waals surface area (Å²) in [6.45, 7) is 2.11. The molecule has 0 amide bonds. The van der Waals surface area contributed by atoms with E-state index in [1.54, 1.807) is 6.92 Å². The first kappa shape index (κ1) is 8.99. The largest absolute Gasteiger partial charge is 0.466 e. The van der Waals surface area contributed by atoms with Crippen molar-refractivity contribution in [2.45, 2.75) is 19.4 Å². The van der Waals surface area contributed by atoms with Crippen molar-refractivity contribution in [2.24, 2.45) is 5.73 Å². The van der Waals surface area contributed by atoms with Gasteiger partial charge in [-0.2, -0.15) is 0 Å². The van der Waals surface area contributed by atoms with Crippen LogP contribution in [0.5, 0.6) is 0 Å². The summed E-state index contributed by atoms with van der Waals surface area (Å²) >= 11 is 0.